The molecular formula is C104H147ClN10O17S4. The molecule has 6 heterocycles. The third-order valence-corrected chi connectivity index (χ3v) is 33.7. The fourth-order valence-corrected chi connectivity index (χ4v) is 21.7. The van der Waals surface area contributed by atoms with Crippen molar-refractivity contribution in [2.75, 3.05) is 56.0 Å². The molecule has 14 rings (SSSR count). The molecule has 11 N–H and O–H groups in total. The number of carboxylic acid groups (broad SMARTS) is 1. The lowest BCUT2D eigenvalue weighted by molar-refractivity contribution is 0.0695. The van der Waals surface area contributed by atoms with E-state index in [2.05, 4.69) is 123 Å². The van der Waals surface area contributed by atoms with Crippen LogP contribution in [0.4, 0.5) is 0 Å². The largest absolute Gasteiger partial charge is 0.478 e. The molecule has 2 aliphatic heterocycles. The van der Waals surface area contributed by atoms with Crippen molar-refractivity contribution >= 4 is 75.4 Å². The third kappa shape index (κ3) is 30.2. The Labute approximate surface area is 813 Å². The van der Waals surface area contributed by atoms with Gasteiger partial charge < -0.3 is 52.5 Å². The number of aliphatic hydroxyl groups is 4. The van der Waals surface area contributed by atoms with Crippen molar-refractivity contribution in [2.24, 2.45) is 53.1 Å². The number of aryl methyl sites for hydroxylation is 2. The van der Waals surface area contributed by atoms with Crippen molar-refractivity contribution in [2.45, 2.75) is 262 Å². The van der Waals surface area contributed by atoms with Gasteiger partial charge in [0.2, 0.25) is 0 Å². The van der Waals surface area contributed by atoms with E-state index in [1.807, 2.05) is 18.2 Å². The number of halogens is 1. The number of aromatic carboxylic acids is 1. The Hall–Kier alpha value is -9.09. The predicted octanol–water partition coefficient (Wildman–Crippen LogP) is 16.8. The van der Waals surface area contributed by atoms with Crippen molar-refractivity contribution in [1.29, 1.82) is 0 Å². The number of benzene rings is 4. The molecule has 4 aliphatic carbocycles. The summed E-state index contributed by atoms with van der Waals surface area (Å²) in [5.41, 5.74) is 18.5. The average Bonchev–Trinajstić information content (AvgIpc) is 1.63. The number of sulfone groups is 4. The van der Waals surface area contributed by atoms with Gasteiger partial charge in [0.05, 0.1) is 139 Å². The number of carbonyl (C=O) groups excluding carboxylic acids is 3. The van der Waals surface area contributed by atoms with Crippen LogP contribution in [0.15, 0.2) is 178 Å². The summed E-state index contributed by atoms with van der Waals surface area (Å²) in [5, 5.41) is 59.0. The Morgan fingerprint density at radius 1 is 0.449 bits per heavy atom. The zero-order valence-electron chi connectivity index (χ0n) is 80.6. The van der Waals surface area contributed by atoms with Gasteiger partial charge in [-0.1, -0.05) is 185 Å². The van der Waals surface area contributed by atoms with Gasteiger partial charge in [-0.3, -0.25) is 39.2 Å². The van der Waals surface area contributed by atoms with E-state index in [0.717, 1.165) is 113 Å². The highest BCUT2D eigenvalue weighted by atomic mass is 35.5. The Kier molecular flexibility index (Phi) is 43.8. The molecule has 27 nitrogen and oxygen atoms in total. The Bertz CT molecular complexity index is 5580. The van der Waals surface area contributed by atoms with Crippen LogP contribution in [0, 0.1) is 47.3 Å². The molecular weight excluding hydrogens is 1820 g/mol. The molecule has 32 heteroatoms. The van der Waals surface area contributed by atoms with Crippen LogP contribution in [-0.2, 0) is 65.3 Å². The van der Waals surface area contributed by atoms with Gasteiger partial charge in [0.15, 0.2) is 39.3 Å². The van der Waals surface area contributed by atoms with Gasteiger partial charge in [0.1, 0.15) is 0 Å². The summed E-state index contributed by atoms with van der Waals surface area (Å²) in [6, 6.07) is 30.6. The number of fused-ring (bicyclic) bond motifs is 4. The number of aromatic nitrogens is 4. The Balaban J connectivity index is 0.000000233. The average molecular weight is 1970 g/mol. The van der Waals surface area contributed by atoms with Crippen molar-refractivity contribution in [3.8, 4) is 0 Å². The minimum atomic E-state index is -3.31. The zero-order chi connectivity index (χ0) is 98.3. The molecule has 136 heavy (non-hydrogen) atoms. The van der Waals surface area contributed by atoms with E-state index < -0.39 is 69.5 Å². The normalized spacial score (nSPS) is 19.7. The number of nitrogens with one attached hydrogen (secondary N) is 4. The first-order valence-corrected chi connectivity index (χ1v) is 53.9. The summed E-state index contributed by atoms with van der Waals surface area (Å²) in [4.78, 5) is 70.9. The number of hydrogen-bond acceptors (Lipinski definition) is 23. The van der Waals surface area contributed by atoms with E-state index in [-0.39, 0.29) is 114 Å². The first-order chi connectivity index (χ1) is 63.6. The second-order valence-corrected chi connectivity index (χ2v) is 46.7. The first-order valence-electron chi connectivity index (χ1n) is 47.3. The summed E-state index contributed by atoms with van der Waals surface area (Å²) in [6.07, 6.45) is 23.2. The van der Waals surface area contributed by atoms with Crippen LogP contribution in [0.25, 0.3) is 0 Å². The van der Waals surface area contributed by atoms with E-state index >= 15 is 0 Å². The van der Waals surface area contributed by atoms with E-state index in [1.54, 1.807) is 101 Å². The molecule has 0 saturated heterocycles. The molecule has 0 radical (unpaired) electrons. The van der Waals surface area contributed by atoms with Crippen LogP contribution in [0.5, 0.6) is 0 Å². The molecule has 6 aliphatic rings. The Morgan fingerprint density at radius 2 is 0.779 bits per heavy atom. The van der Waals surface area contributed by atoms with Crippen LogP contribution >= 0.6 is 12.4 Å². The number of aliphatic hydroxyl groups excluding tert-OH is 4. The van der Waals surface area contributed by atoms with Crippen LogP contribution < -0.4 is 27.0 Å². The molecule has 3 amide bonds. The van der Waals surface area contributed by atoms with Gasteiger partial charge in [0, 0.05) is 67.6 Å². The number of nitrogens with zero attached hydrogens (tertiary/aromatic N) is 5. The van der Waals surface area contributed by atoms with E-state index in [4.69, 9.17) is 20.9 Å². The number of nitrogens with two attached hydrogens (primary N) is 1. The topological polar surface area (TPSA) is 435 Å². The lowest BCUT2D eigenvalue weighted by Crippen LogP contribution is -2.32. The molecule has 4 aromatic heterocycles. The van der Waals surface area contributed by atoms with Crippen molar-refractivity contribution in [1.82, 2.24) is 46.1 Å². The van der Waals surface area contributed by atoms with Gasteiger partial charge in [-0.25, -0.2) is 38.5 Å². The third-order valence-electron chi connectivity index (χ3n) is 26.7. The van der Waals surface area contributed by atoms with E-state index in [1.165, 1.54) is 106 Å². The number of allylic oxidation sites excluding steroid dienone is 1. The molecule has 2 fully saturated rings. The number of pyridine rings is 4. The van der Waals surface area contributed by atoms with Crippen LogP contribution in [0.2, 0.25) is 0 Å². The highest BCUT2D eigenvalue weighted by molar-refractivity contribution is 7.92. The van der Waals surface area contributed by atoms with Gasteiger partial charge in [-0.15, -0.1) is 19.0 Å². The number of hydrogen-bond donors (Lipinski definition) is 10. The number of carbonyl (C=O) groups is 4. The Morgan fingerprint density at radius 3 is 1.11 bits per heavy atom. The molecule has 8 aromatic rings. The van der Waals surface area contributed by atoms with Crippen molar-refractivity contribution < 1.29 is 78.4 Å². The lowest BCUT2D eigenvalue weighted by atomic mass is 9.82. The molecule has 746 valence electrons. The number of carboxylic acids is 1. The van der Waals surface area contributed by atoms with Gasteiger partial charge in [0.25, 0.3) is 17.7 Å². The monoisotopic (exact) mass is 1970 g/mol. The first kappa shape index (κ1) is 114. The molecule has 0 bridgehead atoms. The number of rotatable bonds is 30. The van der Waals surface area contributed by atoms with Gasteiger partial charge >= 0.3 is 5.97 Å². The molecule has 0 unspecified atom stereocenters. The highest BCUT2D eigenvalue weighted by Gasteiger charge is 2.38. The predicted molar refractivity (Wildman–Crippen MR) is 537 cm³/mol. The summed E-state index contributed by atoms with van der Waals surface area (Å²) in [6.45, 7) is 33.8. The summed E-state index contributed by atoms with van der Waals surface area (Å²) in [7, 11) is -13.0. The van der Waals surface area contributed by atoms with Crippen molar-refractivity contribution in [3.63, 3.8) is 0 Å². The highest BCUT2D eigenvalue weighted by Crippen LogP contribution is 2.43. The SMILES string of the molecule is C.C=CC1CCC(C)CC1.CC(C)[C@@H]1CCc2cc(C(=O)O)cnc21.CCS(=O)(=O)c1ccc([C@@H](N)CO)cc1.CCS(=O)(=O)c1ccc([C@H](CO)NC(=O)c2cnc3c(c2)CC[C@H]3C(C)C)cc1.CCS(=O)(=O)c1ccc([C@H](CO)NC(=O)c2cnc3c(c2)CN(CC2CCC(C)CC2)[C@H]3C(C)C)cc1.CCS(=O)(=O)c1ccc([C@H](CO)NC(=O)c2cnc3c(c2)CN[C@H]3C(C)C)cc1.Cl. The quantitative estimate of drug-likeness (QED) is 0.0187. The van der Waals surface area contributed by atoms with Gasteiger partial charge in [-0.05, 0) is 216 Å². The summed E-state index contributed by atoms with van der Waals surface area (Å²) < 4.78 is 94.9. The molecule has 8 atom stereocenters. The molecule has 4 aromatic carbocycles. The van der Waals surface area contributed by atoms with Crippen molar-refractivity contribution in [3.05, 3.63) is 248 Å². The standard InChI is InChI=1S/C29H41N3O4S.C22H28N2O4S.C21H27N3O4S.C12H15NO2.C10H15NO3S.C9H16.CH4.ClH/c1-5-37(35,36)25-12-10-22(11-13-25)26(18-33)31-29(34)23-14-24-17-32(16-21-8-6-20(4)7-9-21)28(19(2)3)27(24)30-15-23;1-4-29(27,28)18-8-5-15(6-9-18)20(13-25)24-22(26)17-11-16-7-10-19(14(2)3)21(16)23-12-17;1-4-29(27,28)17-7-5-14(6-8-17)18(12-25)24-21(26)16-9-15-10-22-19(13(2)3)20(15)23-11-16;1-7(2)10-4-3-8-5-9(12(14)15)6-13-11(8)10;1-2-15(13,14)9-5-3-8(4-6-9)10(11)7-12;1-3-9-6-4-8(2)5-7-9;;/h10-15,19-21,26,28,33H,5-9,16-18H2,1-4H3,(H,31,34);5-6,8-9,11-12,14,19-20,25H,4,7,10,13H2,1-3H3,(H,24,26);5-9,11,13,18-19,22,25H,4,10,12H2,1-3H3,(H,24,26);5-7,10H,3-4H2,1-2H3,(H,14,15);3-6,10,12H,2,7,11H2,1H3;3,8-9H,1,4-7H2,2H3;1H4;1H/t20?,21?,26-,28-;19-,20-;18-,19-;2*10-;;;/m00000.../s1. The molecule has 2 saturated carbocycles. The summed E-state index contributed by atoms with van der Waals surface area (Å²) >= 11 is 0. The fraction of sp³-hybridized carbons (Fsp3) is 0.519. The smallest absolute Gasteiger partial charge is 0.337 e. The lowest BCUT2D eigenvalue weighted by Gasteiger charge is -2.34. The van der Waals surface area contributed by atoms with Crippen LogP contribution in [-0.4, -0.2) is 164 Å². The second-order valence-electron chi connectivity index (χ2n) is 37.6. The van der Waals surface area contributed by atoms with Gasteiger partial charge in [-0.2, -0.15) is 0 Å². The maximum atomic E-state index is 13.1. The van der Waals surface area contributed by atoms with E-state index in [9.17, 15) is 68.2 Å². The second kappa shape index (κ2) is 52.2. The minimum Gasteiger partial charge on any atom is -0.478 e. The van der Waals surface area contributed by atoms with Crippen LogP contribution in [0.3, 0.4) is 0 Å². The summed E-state index contributed by atoms with van der Waals surface area (Å²) in [5.74, 6) is 4.53. The van der Waals surface area contributed by atoms with Crippen LogP contribution in [0.1, 0.15) is 325 Å². The van der Waals surface area contributed by atoms with E-state index in [0.29, 0.717) is 85.9 Å². The minimum absolute atomic E-state index is 0. The zero-order valence-corrected chi connectivity index (χ0v) is 84.7. The number of amides is 3. The molecule has 0 spiro atoms. The maximum Gasteiger partial charge on any atom is 0.337 e. The fourth-order valence-electron chi connectivity index (χ4n) is 18.1. The maximum absolute atomic E-state index is 13.1.